The van der Waals surface area contributed by atoms with E-state index < -0.39 is 6.16 Å². The van der Waals surface area contributed by atoms with E-state index in [1.807, 2.05) is 0 Å². The molecule has 0 spiro atoms. The van der Waals surface area contributed by atoms with Gasteiger partial charge in [-0.25, -0.2) is 4.79 Å². The van der Waals surface area contributed by atoms with Crippen molar-refractivity contribution in [2.45, 2.75) is 0 Å². The van der Waals surface area contributed by atoms with Crippen molar-refractivity contribution < 1.29 is 99.9 Å². The maximum absolute atomic E-state index is 8.56. The first-order valence-electron chi connectivity index (χ1n) is 0.651. The zero-order valence-electron chi connectivity index (χ0n) is 6.00. The smallest absolute Gasteiger partial charge is 1.00 e. The number of carboxylic acid groups (broad SMARTS) is 2. The van der Waals surface area contributed by atoms with Gasteiger partial charge in [0, 0.05) is 77.3 Å². The molecular weight excluding hydrogens is 495 g/mol. The largest absolute Gasteiger partial charge is 2.00 e. The molecule has 7 heteroatoms. The Bertz CT molecular complexity index is 49.5. The Morgan fingerprint density at radius 1 is 1.38 bits per heavy atom. The number of carbonyl (C=O) groups is 1. The molecule has 0 aromatic heterocycles. The van der Waals surface area contributed by atoms with E-state index in [4.69, 9.17) is 15.0 Å². The molecule has 0 rings (SSSR count). The Hall–Kier alpha value is 3.34. The fourth-order valence-electron chi connectivity index (χ4n) is 0. The van der Waals surface area contributed by atoms with Crippen LogP contribution in [0.25, 0.3) is 0 Å². The topological polar surface area (TPSA) is 57.5 Å². The molecule has 0 aromatic carbocycles. The molecule has 0 saturated carbocycles. The molecule has 0 heterocycles. The van der Waals surface area contributed by atoms with E-state index in [0.29, 0.717) is 0 Å². The zero-order chi connectivity index (χ0) is 3.58. The van der Waals surface area contributed by atoms with Gasteiger partial charge in [-0.1, -0.05) is 0 Å². The summed E-state index contributed by atoms with van der Waals surface area (Å²) in [5, 5.41) is 13.9. The van der Waals surface area contributed by atoms with Gasteiger partial charge in [0.25, 0.3) is 0 Å². The van der Waals surface area contributed by atoms with E-state index in [-0.39, 0.29) is 134 Å². The van der Waals surface area contributed by atoms with Gasteiger partial charge in [0.1, 0.15) is 0 Å². The second kappa shape index (κ2) is 22.4. The molecule has 2 N–H and O–H groups in total. The third kappa shape index (κ3) is 58.2. The van der Waals surface area contributed by atoms with Crippen LogP contribution >= 0.6 is 0 Å². The van der Waals surface area contributed by atoms with Crippen molar-refractivity contribution in [2.24, 2.45) is 0 Å². The summed E-state index contributed by atoms with van der Waals surface area (Å²) in [6, 6.07) is 0. The van der Waals surface area contributed by atoms with Crippen LogP contribution in [-0.4, -0.2) is 65.2 Å². The van der Waals surface area contributed by atoms with Gasteiger partial charge in [0.2, 0.25) is 0 Å². The molecule has 0 aliphatic carbocycles. The third-order valence-corrected chi connectivity index (χ3v) is 0. The van der Waals surface area contributed by atoms with Crippen LogP contribution < -0.4 is 0 Å². The quantitative estimate of drug-likeness (QED) is 0.469. The Labute approximate surface area is 151 Å². The minimum atomic E-state index is -1.83. The second-order valence-corrected chi connectivity index (χ2v) is 0.283. The van der Waals surface area contributed by atoms with Gasteiger partial charge in [-0.15, -0.1) is 0 Å². The molecule has 8 heavy (non-hydrogen) atoms. The van der Waals surface area contributed by atoms with Crippen LogP contribution in [0.3, 0.4) is 0 Å². The van der Waals surface area contributed by atoms with Crippen molar-refractivity contribution >= 4 is 55.0 Å². The van der Waals surface area contributed by atoms with Crippen molar-refractivity contribution in [3.05, 3.63) is 0 Å². The van der Waals surface area contributed by atoms with E-state index >= 15 is 0 Å². The van der Waals surface area contributed by atoms with Gasteiger partial charge in [-0.3, -0.25) is 4.70 Å². The predicted octanol–water partition coefficient (Wildman–Crippen LogP) is 0.219. The van der Waals surface area contributed by atoms with Gasteiger partial charge in [-0.2, -0.15) is 0 Å². The van der Waals surface area contributed by atoms with Gasteiger partial charge in [0.05, 0.1) is 0 Å². The van der Waals surface area contributed by atoms with E-state index in [1.54, 1.807) is 0 Å². The fraction of sp³-hybridized carbons (Fsp3) is 0. The van der Waals surface area contributed by atoms with Gasteiger partial charge in [-0.05, 0) is 0 Å². The van der Waals surface area contributed by atoms with E-state index in [0.717, 1.165) is 0 Å². The van der Waals surface area contributed by atoms with Crippen molar-refractivity contribution in [1.29, 1.82) is 0 Å². The fourth-order valence-corrected chi connectivity index (χ4v) is 0. The first-order valence-corrected chi connectivity index (χ1v) is 0.651. The molecule has 0 unspecified atom stereocenters. The van der Waals surface area contributed by atoms with Crippen molar-refractivity contribution in [3.8, 4) is 0 Å². The molecular formula is CH5BaCeFLaO3. The van der Waals surface area contributed by atoms with Gasteiger partial charge >= 0.3 is 55.0 Å². The molecule has 0 amide bonds. The molecule has 0 atom stereocenters. The van der Waals surface area contributed by atoms with E-state index in [9.17, 15) is 0 Å². The summed E-state index contributed by atoms with van der Waals surface area (Å²) < 4.78 is 0. The Morgan fingerprint density at radius 2 is 1.38 bits per heavy atom. The SMILES string of the molecule is F.O=C(O)O.[Ba+2].[Ce].[H-].[H-].[La]. The summed E-state index contributed by atoms with van der Waals surface area (Å²) in [6.07, 6.45) is -1.83. The van der Waals surface area contributed by atoms with Crippen LogP contribution in [0.2, 0.25) is 0 Å². The van der Waals surface area contributed by atoms with Crippen molar-refractivity contribution in [2.75, 3.05) is 0 Å². The Morgan fingerprint density at radius 3 is 1.38 bits per heavy atom. The maximum Gasteiger partial charge on any atom is 2.00 e. The first-order chi connectivity index (χ1) is 1.73. The van der Waals surface area contributed by atoms with E-state index in [2.05, 4.69) is 0 Å². The average Bonchev–Trinajstić information content (AvgIpc) is 0.811. The van der Waals surface area contributed by atoms with Crippen molar-refractivity contribution in [1.82, 2.24) is 0 Å². The standard InChI is InChI=1S/CH2O3.Ba.Ce.FH.La.2H/c2-1(3)4;;;;;;/h(H2,2,3,4);;;1H;;;/q;+2;;;;2*-1. The van der Waals surface area contributed by atoms with Crippen LogP contribution in [0.15, 0.2) is 0 Å². The molecule has 0 fully saturated rings. The number of hydrogen-bond donors (Lipinski definition) is 2. The number of hydrogen-bond acceptors (Lipinski definition) is 1. The zero-order valence-corrected chi connectivity index (χ0v) is 15.2. The summed E-state index contributed by atoms with van der Waals surface area (Å²) in [5.74, 6) is 0. The molecule has 0 bridgehead atoms. The van der Waals surface area contributed by atoms with E-state index in [1.165, 1.54) is 0 Å². The molecule has 3 nitrogen and oxygen atoms in total. The molecule has 43 valence electrons. The molecule has 0 saturated heterocycles. The Balaban J connectivity index is -0.00000000300. The summed E-state index contributed by atoms with van der Waals surface area (Å²) >= 11 is 0. The number of halogens is 1. The summed E-state index contributed by atoms with van der Waals surface area (Å²) in [6.45, 7) is 0. The second-order valence-electron chi connectivity index (χ2n) is 0.283. The summed E-state index contributed by atoms with van der Waals surface area (Å²) in [4.78, 5) is 8.56. The predicted molar refractivity (Wildman–Crippen MR) is 21.1 cm³/mol. The third-order valence-electron chi connectivity index (χ3n) is 0. The molecule has 0 aliphatic rings. The number of rotatable bonds is 0. The van der Waals surface area contributed by atoms with Crippen LogP contribution in [0.4, 0.5) is 9.50 Å². The summed E-state index contributed by atoms with van der Waals surface area (Å²) in [5.41, 5.74) is 0. The van der Waals surface area contributed by atoms with Gasteiger partial charge < -0.3 is 13.1 Å². The molecule has 0 aromatic rings. The monoisotopic (exact) mass is 501 g/mol. The van der Waals surface area contributed by atoms with Crippen LogP contribution in [0.1, 0.15) is 2.85 Å². The van der Waals surface area contributed by atoms with Crippen molar-refractivity contribution in [3.63, 3.8) is 0 Å². The van der Waals surface area contributed by atoms with Gasteiger partial charge in [0.15, 0.2) is 0 Å². The normalized spacial score (nSPS) is 3.00. The Kier molecular flexibility index (Phi) is 84.6. The first kappa shape index (κ1) is 30.2. The summed E-state index contributed by atoms with van der Waals surface area (Å²) in [7, 11) is 0. The average molecular weight is 500 g/mol. The van der Waals surface area contributed by atoms with Crippen LogP contribution in [0, 0.1) is 77.3 Å². The molecule has 1 radical (unpaired) electrons. The minimum Gasteiger partial charge on any atom is -1.00 e. The minimum absolute atomic E-state index is 0. The maximum atomic E-state index is 8.56. The van der Waals surface area contributed by atoms with Crippen LogP contribution in [-0.2, 0) is 0 Å². The molecule has 0 aliphatic heterocycles. The van der Waals surface area contributed by atoms with Crippen LogP contribution in [0.5, 0.6) is 0 Å².